The lowest BCUT2D eigenvalue weighted by atomic mass is 10.3. The number of nitrogens with two attached hydrogens (primary N) is 1. The number of rotatable bonds is 5. The minimum absolute atomic E-state index is 0.0278. The number of nitrogens with one attached hydrogen (secondary N) is 1. The molecule has 5 nitrogen and oxygen atoms in total. The first-order valence-electron chi connectivity index (χ1n) is 6.66. The van der Waals surface area contributed by atoms with Gasteiger partial charge >= 0.3 is 0 Å². The van der Waals surface area contributed by atoms with Crippen molar-refractivity contribution in [2.45, 2.75) is 42.4 Å². The first-order chi connectivity index (χ1) is 9.44. The standard InChI is InChI=1S/C13H20N2O3S2/c1-2-19-13-5-3-4-11(13)15-20(17,18)9-6-7-12(16)10(14)8-9/h6-8,11,13,15-16H,2-5,14H2,1H3. The third kappa shape index (κ3) is 3.39. The van der Waals surface area contributed by atoms with Crippen LogP contribution in [0.1, 0.15) is 26.2 Å². The summed E-state index contributed by atoms with van der Waals surface area (Å²) in [5.41, 5.74) is 5.62. The van der Waals surface area contributed by atoms with Crippen molar-refractivity contribution in [1.82, 2.24) is 4.72 Å². The highest BCUT2D eigenvalue weighted by molar-refractivity contribution is 8.00. The Hall–Kier alpha value is -0.920. The van der Waals surface area contributed by atoms with E-state index in [2.05, 4.69) is 11.6 Å². The van der Waals surface area contributed by atoms with E-state index in [9.17, 15) is 13.5 Å². The summed E-state index contributed by atoms with van der Waals surface area (Å²) in [6.45, 7) is 2.08. The molecule has 0 aliphatic heterocycles. The summed E-state index contributed by atoms with van der Waals surface area (Å²) in [5.74, 6) is 0.874. The van der Waals surface area contributed by atoms with Crippen LogP contribution in [-0.2, 0) is 10.0 Å². The molecule has 2 rings (SSSR count). The first kappa shape index (κ1) is 15.5. The van der Waals surface area contributed by atoms with Crippen molar-refractivity contribution < 1.29 is 13.5 Å². The van der Waals surface area contributed by atoms with Gasteiger partial charge < -0.3 is 10.8 Å². The van der Waals surface area contributed by atoms with Crippen LogP contribution in [0.4, 0.5) is 5.69 Å². The molecule has 1 aromatic carbocycles. The maximum atomic E-state index is 12.3. The van der Waals surface area contributed by atoms with Gasteiger partial charge in [-0.3, -0.25) is 0 Å². The highest BCUT2D eigenvalue weighted by Gasteiger charge is 2.31. The average molecular weight is 316 g/mol. The SMILES string of the molecule is CCSC1CCCC1NS(=O)(=O)c1ccc(O)c(N)c1. The topological polar surface area (TPSA) is 92.4 Å². The highest BCUT2D eigenvalue weighted by atomic mass is 32.2. The largest absolute Gasteiger partial charge is 0.506 e. The quantitative estimate of drug-likeness (QED) is 0.570. The molecule has 1 aliphatic rings. The predicted molar refractivity (Wildman–Crippen MR) is 82.4 cm³/mol. The number of hydrogen-bond acceptors (Lipinski definition) is 5. The Morgan fingerprint density at radius 2 is 2.20 bits per heavy atom. The molecule has 20 heavy (non-hydrogen) atoms. The Kier molecular flexibility index (Phi) is 4.82. The maximum absolute atomic E-state index is 12.3. The molecule has 0 bridgehead atoms. The third-order valence-corrected chi connectivity index (χ3v) is 6.26. The van der Waals surface area contributed by atoms with E-state index in [0.717, 1.165) is 25.0 Å². The monoisotopic (exact) mass is 316 g/mol. The summed E-state index contributed by atoms with van der Waals surface area (Å²) in [7, 11) is -3.59. The molecular weight excluding hydrogens is 296 g/mol. The molecule has 2 unspecified atom stereocenters. The van der Waals surface area contributed by atoms with Crippen LogP contribution in [-0.4, -0.2) is 30.6 Å². The summed E-state index contributed by atoms with van der Waals surface area (Å²) >= 11 is 1.80. The summed E-state index contributed by atoms with van der Waals surface area (Å²) in [6, 6.07) is 3.93. The number of phenols is 1. The molecule has 7 heteroatoms. The van der Waals surface area contributed by atoms with Crippen molar-refractivity contribution >= 4 is 27.5 Å². The number of anilines is 1. The molecule has 0 saturated heterocycles. The number of hydrogen-bond donors (Lipinski definition) is 3. The minimum atomic E-state index is -3.59. The molecule has 1 aromatic rings. The van der Waals surface area contributed by atoms with Gasteiger partial charge in [0.1, 0.15) is 5.75 Å². The van der Waals surface area contributed by atoms with Gasteiger partial charge in [0.25, 0.3) is 0 Å². The summed E-state index contributed by atoms with van der Waals surface area (Å²) in [5, 5.41) is 9.70. The Morgan fingerprint density at radius 1 is 1.45 bits per heavy atom. The number of aromatic hydroxyl groups is 1. The second-order valence-corrected chi connectivity index (χ2v) is 8.10. The number of thioether (sulfide) groups is 1. The van der Waals surface area contributed by atoms with Gasteiger partial charge in [-0.25, -0.2) is 13.1 Å². The van der Waals surface area contributed by atoms with E-state index in [1.54, 1.807) is 11.8 Å². The van der Waals surface area contributed by atoms with Gasteiger partial charge in [-0.15, -0.1) is 0 Å². The van der Waals surface area contributed by atoms with Crippen LogP contribution >= 0.6 is 11.8 Å². The number of benzene rings is 1. The third-order valence-electron chi connectivity index (χ3n) is 3.45. The molecule has 1 aliphatic carbocycles. The zero-order valence-corrected chi connectivity index (χ0v) is 13.0. The van der Waals surface area contributed by atoms with Gasteiger partial charge in [-0.05, 0) is 36.8 Å². The fraction of sp³-hybridized carbons (Fsp3) is 0.538. The van der Waals surface area contributed by atoms with Crippen LogP contribution in [0.5, 0.6) is 5.75 Å². The summed E-state index contributed by atoms with van der Waals surface area (Å²) in [6.07, 6.45) is 2.95. The molecule has 0 amide bonds. The van der Waals surface area contributed by atoms with Crippen molar-refractivity contribution in [3.8, 4) is 5.75 Å². The van der Waals surface area contributed by atoms with Crippen molar-refractivity contribution in [3.63, 3.8) is 0 Å². The predicted octanol–water partition coefficient (Wildman–Crippen LogP) is 1.93. The number of phenolic OH excluding ortho intramolecular Hbond substituents is 1. The van der Waals surface area contributed by atoms with Gasteiger partial charge in [0.2, 0.25) is 10.0 Å². The first-order valence-corrected chi connectivity index (χ1v) is 9.19. The normalized spacial score (nSPS) is 23.1. The molecule has 0 heterocycles. The van der Waals surface area contributed by atoms with Crippen LogP contribution in [0.25, 0.3) is 0 Å². The zero-order chi connectivity index (χ0) is 14.8. The van der Waals surface area contributed by atoms with Gasteiger partial charge in [-0.1, -0.05) is 13.3 Å². The molecule has 2 atom stereocenters. The van der Waals surface area contributed by atoms with E-state index in [-0.39, 0.29) is 22.4 Å². The highest BCUT2D eigenvalue weighted by Crippen LogP contribution is 2.31. The molecule has 0 radical (unpaired) electrons. The van der Waals surface area contributed by atoms with Crippen molar-refractivity contribution in [3.05, 3.63) is 18.2 Å². The van der Waals surface area contributed by atoms with Crippen LogP contribution in [0.15, 0.2) is 23.1 Å². The lowest BCUT2D eigenvalue weighted by molar-refractivity contribution is 0.477. The van der Waals surface area contributed by atoms with E-state index >= 15 is 0 Å². The summed E-state index contributed by atoms with van der Waals surface area (Å²) < 4.78 is 27.5. The van der Waals surface area contributed by atoms with Gasteiger partial charge in [-0.2, -0.15) is 11.8 Å². The second-order valence-electron chi connectivity index (χ2n) is 4.87. The minimum Gasteiger partial charge on any atom is -0.506 e. The number of nitrogen functional groups attached to an aromatic ring is 1. The molecule has 0 spiro atoms. The van der Waals surface area contributed by atoms with Crippen molar-refractivity contribution in [2.24, 2.45) is 0 Å². The van der Waals surface area contributed by atoms with E-state index < -0.39 is 10.0 Å². The summed E-state index contributed by atoms with van der Waals surface area (Å²) in [4.78, 5) is 0.0972. The van der Waals surface area contributed by atoms with Crippen molar-refractivity contribution in [1.29, 1.82) is 0 Å². The van der Waals surface area contributed by atoms with Gasteiger partial charge in [0.05, 0.1) is 10.6 Å². The lowest BCUT2D eigenvalue weighted by Gasteiger charge is -2.20. The second kappa shape index (κ2) is 6.24. The Bertz CT molecular complexity index is 575. The maximum Gasteiger partial charge on any atom is 0.240 e. The van der Waals surface area contributed by atoms with Gasteiger partial charge in [0, 0.05) is 11.3 Å². The van der Waals surface area contributed by atoms with Crippen LogP contribution < -0.4 is 10.5 Å². The van der Waals surface area contributed by atoms with Crippen LogP contribution in [0, 0.1) is 0 Å². The molecule has 4 N–H and O–H groups in total. The molecular formula is C13H20N2O3S2. The zero-order valence-electron chi connectivity index (χ0n) is 11.4. The molecule has 0 aromatic heterocycles. The van der Waals surface area contributed by atoms with Crippen molar-refractivity contribution in [2.75, 3.05) is 11.5 Å². The smallest absolute Gasteiger partial charge is 0.240 e. The number of sulfonamides is 1. The van der Waals surface area contributed by atoms with E-state index in [0.29, 0.717) is 5.25 Å². The van der Waals surface area contributed by atoms with Gasteiger partial charge in [0.15, 0.2) is 0 Å². The Morgan fingerprint density at radius 3 is 2.85 bits per heavy atom. The molecule has 1 fully saturated rings. The fourth-order valence-corrected chi connectivity index (χ4v) is 5.07. The van der Waals surface area contributed by atoms with E-state index in [1.165, 1.54) is 18.2 Å². The molecule has 112 valence electrons. The lowest BCUT2D eigenvalue weighted by Crippen LogP contribution is -2.38. The Labute approximate surface area is 124 Å². The van der Waals surface area contributed by atoms with E-state index in [1.807, 2.05) is 0 Å². The van der Waals surface area contributed by atoms with Crippen LogP contribution in [0.3, 0.4) is 0 Å². The van der Waals surface area contributed by atoms with Crippen LogP contribution in [0.2, 0.25) is 0 Å². The fourth-order valence-electron chi connectivity index (χ4n) is 2.44. The van der Waals surface area contributed by atoms with E-state index in [4.69, 9.17) is 5.73 Å². The Balaban J connectivity index is 2.16. The average Bonchev–Trinajstić information content (AvgIpc) is 2.80. The molecule has 1 saturated carbocycles.